The van der Waals surface area contributed by atoms with E-state index in [0.717, 1.165) is 60.0 Å². The molecule has 0 aliphatic carbocycles. The first kappa shape index (κ1) is 20.1. The third-order valence-electron chi connectivity index (χ3n) is 5.41. The van der Waals surface area contributed by atoms with Crippen LogP contribution >= 0.6 is 23.2 Å². The summed E-state index contributed by atoms with van der Waals surface area (Å²) in [4.78, 5) is 20.4. The zero-order valence-corrected chi connectivity index (χ0v) is 18.2. The molecule has 4 aromatic rings. The highest BCUT2D eigenvalue weighted by Gasteiger charge is 2.19. The number of aromatic nitrogens is 4. The van der Waals surface area contributed by atoms with Crippen LogP contribution in [0.4, 0.5) is 0 Å². The van der Waals surface area contributed by atoms with Gasteiger partial charge in [-0.1, -0.05) is 41.4 Å². The van der Waals surface area contributed by atoms with E-state index in [9.17, 15) is 0 Å². The summed E-state index contributed by atoms with van der Waals surface area (Å²) in [7, 11) is 0. The van der Waals surface area contributed by atoms with Gasteiger partial charge in [-0.2, -0.15) is 0 Å². The molecule has 3 aromatic heterocycles. The van der Waals surface area contributed by atoms with Gasteiger partial charge in [0.15, 0.2) is 5.82 Å². The van der Waals surface area contributed by atoms with Gasteiger partial charge < -0.3 is 0 Å². The van der Waals surface area contributed by atoms with Crippen LogP contribution in [0.25, 0.3) is 22.6 Å². The van der Waals surface area contributed by atoms with E-state index >= 15 is 0 Å². The Bertz CT molecular complexity index is 1210. The molecule has 0 unspecified atom stereocenters. The van der Waals surface area contributed by atoms with Gasteiger partial charge in [-0.3, -0.25) is 14.9 Å². The van der Waals surface area contributed by atoms with E-state index in [1.807, 2.05) is 42.7 Å². The van der Waals surface area contributed by atoms with E-state index in [4.69, 9.17) is 28.2 Å². The van der Waals surface area contributed by atoms with Crippen LogP contribution in [-0.4, -0.2) is 31.4 Å². The number of fused-ring (bicyclic) bond motifs is 1. The standard InChI is InChI=1S/C24H19Cl2N5/c25-20-3-1-2-19(23(20)26)22-5-4-16(12-28-22)14-31-11-8-21-18(15-31)13-29-24(30-21)17-6-9-27-10-7-17/h1-7,9-10,12-13H,8,11,14-15H2. The zero-order chi connectivity index (χ0) is 21.2. The maximum Gasteiger partial charge on any atom is 0.159 e. The predicted octanol–water partition coefficient (Wildman–Crippen LogP) is 5.47. The molecule has 0 amide bonds. The molecule has 1 aromatic carbocycles. The Hall–Kier alpha value is -2.86. The van der Waals surface area contributed by atoms with Gasteiger partial charge in [0, 0.05) is 67.5 Å². The van der Waals surface area contributed by atoms with Gasteiger partial charge in [-0.15, -0.1) is 0 Å². The highest BCUT2D eigenvalue weighted by Crippen LogP contribution is 2.32. The lowest BCUT2D eigenvalue weighted by atomic mass is 10.1. The van der Waals surface area contributed by atoms with Crippen LogP contribution in [0.15, 0.2) is 67.3 Å². The fraction of sp³-hybridized carbons (Fsp3) is 0.167. The fourth-order valence-electron chi connectivity index (χ4n) is 3.79. The summed E-state index contributed by atoms with van der Waals surface area (Å²) < 4.78 is 0. The molecule has 5 rings (SSSR count). The second-order valence-electron chi connectivity index (χ2n) is 7.52. The second kappa shape index (κ2) is 8.71. The lowest BCUT2D eigenvalue weighted by molar-refractivity contribution is 0.242. The van der Waals surface area contributed by atoms with Gasteiger partial charge in [-0.05, 0) is 29.8 Å². The molecule has 1 aliphatic heterocycles. The first-order valence-corrected chi connectivity index (χ1v) is 10.8. The van der Waals surface area contributed by atoms with Crippen LogP contribution in [0.1, 0.15) is 16.8 Å². The molecular weight excluding hydrogens is 429 g/mol. The van der Waals surface area contributed by atoms with E-state index in [1.54, 1.807) is 18.5 Å². The minimum absolute atomic E-state index is 0.531. The molecule has 0 fully saturated rings. The zero-order valence-electron chi connectivity index (χ0n) is 16.7. The smallest absolute Gasteiger partial charge is 0.159 e. The van der Waals surface area contributed by atoms with Crippen LogP contribution in [0, 0.1) is 0 Å². The quantitative estimate of drug-likeness (QED) is 0.415. The van der Waals surface area contributed by atoms with E-state index in [2.05, 4.69) is 25.9 Å². The van der Waals surface area contributed by atoms with Gasteiger partial charge >= 0.3 is 0 Å². The molecular formula is C24H19Cl2N5. The van der Waals surface area contributed by atoms with E-state index in [1.165, 1.54) is 5.56 Å². The molecule has 0 radical (unpaired) electrons. The normalized spacial score (nSPS) is 13.7. The van der Waals surface area contributed by atoms with Gasteiger partial charge in [0.25, 0.3) is 0 Å². The number of nitrogens with zero attached hydrogens (tertiary/aromatic N) is 5. The van der Waals surface area contributed by atoms with Crippen LogP contribution in [0.5, 0.6) is 0 Å². The number of hydrogen-bond acceptors (Lipinski definition) is 5. The maximum atomic E-state index is 6.33. The highest BCUT2D eigenvalue weighted by molar-refractivity contribution is 6.43. The van der Waals surface area contributed by atoms with Crippen molar-refractivity contribution in [3.63, 3.8) is 0 Å². The number of rotatable bonds is 4. The Kier molecular flexibility index (Phi) is 5.64. The first-order chi connectivity index (χ1) is 15.2. The van der Waals surface area contributed by atoms with Crippen molar-refractivity contribution >= 4 is 23.2 Å². The first-order valence-electron chi connectivity index (χ1n) is 10.0. The molecule has 5 nitrogen and oxygen atoms in total. The van der Waals surface area contributed by atoms with Crippen molar-refractivity contribution in [3.8, 4) is 22.6 Å². The number of pyridine rings is 2. The van der Waals surface area contributed by atoms with Crippen molar-refractivity contribution < 1.29 is 0 Å². The predicted molar refractivity (Wildman–Crippen MR) is 123 cm³/mol. The molecule has 0 bridgehead atoms. The summed E-state index contributed by atoms with van der Waals surface area (Å²) in [5.41, 5.74) is 6.11. The lowest BCUT2D eigenvalue weighted by Crippen LogP contribution is -2.31. The SMILES string of the molecule is Clc1cccc(-c2ccc(CN3CCc4nc(-c5ccncc5)ncc4C3)cn2)c1Cl. The Morgan fingerprint density at radius 1 is 0.935 bits per heavy atom. The van der Waals surface area contributed by atoms with Crippen LogP contribution in [0.3, 0.4) is 0 Å². The number of halogens is 2. The Morgan fingerprint density at radius 2 is 1.81 bits per heavy atom. The Labute approximate surface area is 190 Å². The average molecular weight is 448 g/mol. The molecule has 1 aliphatic rings. The molecule has 154 valence electrons. The van der Waals surface area contributed by atoms with Crippen LogP contribution in [0.2, 0.25) is 10.0 Å². The number of benzene rings is 1. The van der Waals surface area contributed by atoms with Crippen molar-refractivity contribution in [1.29, 1.82) is 0 Å². The van der Waals surface area contributed by atoms with E-state index in [0.29, 0.717) is 10.0 Å². The summed E-state index contributed by atoms with van der Waals surface area (Å²) in [6, 6.07) is 13.5. The average Bonchev–Trinajstić information content (AvgIpc) is 2.82. The Morgan fingerprint density at radius 3 is 2.61 bits per heavy atom. The van der Waals surface area contributed by atoms with Gasteiger partial charge in [-0.25, -0.2) is 9.97 Å². The minimum atomic E-state index is 0.531. The molecule has 0 atom stereocenters. The number of hydrogen-bond donors (Lipinski definition) is 0. The van der Waals surface area contributed by atoms with Gasteiger partial charge in [0.05, 0.1) is 21.4 Å². The third-order valence-corrected chi connectivity index (χ3v) is 6.23. The topological polar surface area (TPSA) is 54.8 Å². The van der Waals surface area contributed by atoms with Crippen LogP contribution in [-0.2, 0) is 19.5 Å². The minimum Gasteiger partial charge on any atom is -0.294 e. The summed E-state index contributed by atoms with van der Waals surface area (Å²) >= 11 is 12.5. The fourth-order valence-corrected chi connectivity index (χ4v) is 4.18. The molecule has 7 heteroatoms. The van der Waals surface area contributed by atoms with Crippen LogP contribution < -0.4 is 0 Å². The molecule has 0 saturated carbocycles. The molecule has 0 saturated heterocycles. The van der Waals surface area contributed by atoms with Gasteiger partial charge in [0.2, 0.25) is 0 Å². The highest BCUT2D eigenvalue weighted by atomic mass is 35.5. The monoisotopic (exact) mass is 447 g/mol. The molecule has 31 heavy (non-hydrogen) atoms. The van der Waals surface area contributed by atoms with Gasteiger partial charge in [0.1, 0.15) is 0 Å². The largest absolute Gasteiger partial charge is 0.294 e. The molecule has 0 spiro atoms. The van der Waals surface area contributed by atoms with E-state index in [-0.39, 0.29) is 0 Å². The second-order valence-corrected chi connectivity index (χ2v) is 8.30. The summed E-state index contributed by atoms with van der Waals surface area (Å²) in [6.45, 7) is 2.59. The van der Waals surface area contributed by atoms with Crippen molar-refractivity contribution in [3.05, 3.63) is 94.1 Å². The lowest BCUT2D eigenvalue weighted by Gasteiger charge is -2.28. The summed E-state index contributed by atoms with van der Waals surface area (Å²) in [6.07, 6.45) is 8.29. The molecule has 0 N–H and O–H groups in total. The maximum absolute atomic E-state index is 6.33. The summed E-state index contributed by atoms with van der Waals surface area (Å²) in [5, 5.41) is 1.06. The Balaban J connectivity index is 1.28. The van der Waals surface area contributed by atoms with Crippen molar-refractivity contribution in [2.75, 3.05) is 6.54 Å². The van der Waals surface area contributed by atoms with E-state index < -0.39 is 0 Å². The third kappa shape index (κ3) is 4.30. The van der Waals surface area contributed by atoms with Crippen molar-refractivity contribution in [2.45, 2.75) is 19.5 Å². The summed E-state index contributed by atoms with van der Waals surface area (Å²) in [5.74, 6) is 0.758. The van der Waals surface area contributed by atoms with Crippen molar-refractivity contribution in [2.24, 2.45) is 0 Å². The molecule has 4 heterocycles. The van der Waals surface area contributed by atoms with Crippen molar-refractivity contribution in [1.82, 2.24) is 24.8 Å².